The lowest BCUT2D eigenvalue weighted by molar-refractivity contribution is -0.128. The molecule has 2 aromatic rings. The van der Waals surface area contributed by atoms with Crippen LogP contribution in [0.5, 0.6) is 0 Å². The fourth-order valence-electron chi connectivity index (χ4n) is 6.57. The lowest BCUT2D eigenvalue weighted by Crippen LogP contribution is -2.49. The molecule has 0 spiro atoms. The van der Waals surface area contributed by atoms with Gasteiger partial charge in [0.15, 0.2) is 0 Å². The second-order valence-corrected chi connectivity index (χ2v) is 13.4. The van der Waals surface area contributed by atoms with Gasteiger partial charge in [0, 0.05) is 12.8 Å². The van der Waals surface area contributed by atoms with E-state index in [2.05, 4.69) is 102 Å². The van der Waals surface area contributed by atoms with Crippen molar-refractivity contribution < 1.29 is 4.74 Å². The monoisotopic (exact) mass is 587 g/mol. The van der Waals surface area contributed by atoms with Crippen LogP contribution in [-0.2, 0) is 17.6 Å². The highest BCUT2D eigenvalue weighted by atomic mass is 16.5. The average Bonchev–Trinajstić information content (AvgIpc) is 3.00. The van der Waals surface area contributed by atoms with Crippen molar-refractivity contribution in [3.8, 4) is 0 Å². The molecule has 2 rings (SSSR count). The zero-order valence-corrected chi connectivity index (χ0v) is 28.7. The predicted molar refractivity (Wildman–Crippen MR) is 191 cm³/mol. The van der Waals surface area contributed by atoms with E-state index in [0.29, 0.717) is 0 Å². The number of hydrogen-bond donors (Lipinski definition) is 0. The molecule has 0 radical (unpaired) electrons. The molecule has 0 bridgehead atoms. The number of hydrogen-bond acceptors (Lipinski definition) is 1. The Balaban J connectivity index is 2.29. The summed E-state index contributed by atoms with van der Waals surface area (Å²) in [7, 11) is 0. The van der Waals surface area contributed by atoms with Gasteiger partial charge in [-0.2, -0.15) is 0 Å². The molecule has 0 N–H and O–H groups in total. The summed E-state index contributed by atoms with van der Waals surface area (Å²) < 4.78 is 7.68. The molecule has 0 saturated carbocycles. The van der Waals surface area contributed by atoms with Crippen LogP contribution in [0.15, 0.2) is 85.0 Å². The van der Waals surface area contributed by atoms with Gasteiger partial charge < -0.3 is 4.74 Å². The fourth-order valence-corrected chi connectivity index (χ4v) is 6.57. The zero-order valence-electron chi connectivity index (χ0n) is 28.7. The number of benzene rings is 2. The van der Waals surface area contributed by atoms with Gasteiger partial charge in [-0.15, -0.1) is 0 Å². The van der Waals surface area contributed by atoms with E-state index >= 15 is 0 Å². The first-order valence-corrected chi connectivity index (χ1v) is 18.0. The maximum Gasteiger partial charge on any atom is 0.0938 e. The first kappa shape index (κ1) is 37.1. The standard InChI is InChI=1S/C42H66O/c1-7-9-11-13-15-17-19-27-33-41(37(3)4,35-39-29-23-21-24-30-39)43-42(38(5)6,36-40-31-25-22-26-32-40)34-28-20-18-16-14-12-10-8-2/h21-26,29-32H,3,5,7-20,27-28,33-36H2,1-2,4,6H3. The summed E-state index contributed by atoms with van der Waals surface area (Å²) in [6.07, 6.45) is 24.8. The van der Waals surface area contributed by atoms with E-state index in [0.717, 1.165) is 36.8 Å². The second kappa shape index (κ2) is 21.6. The summed E-state index contributed by atoms with van der Waals surface area (Å²) in [6.45, 7) is 18.2. The molecule has 2 atom stereocenters. The van der Waals surface area contributed by atoms with Crippen molar-refractivity contribution in [2.24, 2.45) is 0 Å². The molecule has 0 aliphatic rings. The van der Waals surface area contributed by atoms with E-state index in [4.69, 9.17) is 4.74 Å². The van der Waals surface area contributed by atoms with Crippen LogP contribution >= 0.6 is 0 Å². The van der Waals surface area contributed by atoms with Crippen LogP contribution in [0.4, 0.5) is 0 Å². The van der Waals surface area contributed by atoms with Gasteiger partial charge in [0.2, 0.25) is 0 Å². The van der Waals surface area contributed by atoms with E-state index in [1.165, 1.54) is 114 Å². The molecule has 0 aromatic heterocycles. The number of ether oxygens (including phenoxy) is 1. The third-order valence-electron chi connectivity index (χ3n) is 9.48. The van der Waals surface area contributed by atoms with Crippen LogP contribution in [0.1, 0.15) is 154 Å². The summed E-state index contributed by atoms with van der Waals surface area (Å²) in [5.41, 5.74) is 4.11. The average molecular weight is 587 g/mol. The summed E-state index contributed by atoms with van der Waals surface area (Å²) in [6, 6.07) is 21.9. The van der Waals surface area contributed by atoms with Crippen LogP contribution in [0, 0.1) is 0 Å². The number of unbranched alkanes of at least 4 members (excludes halogenated alkanes) is 14. The molecular weight excluding hydrogens is 520 g/mol. The van der Waals surface area contributed by atoms with Crippen molar-refractivity contribution in [1.82, 2.24) is 0 Å². The van der Waals surface area contributed by atoms with Crippen LogP contribution in [0.25, 0.3) is 0 Å². The van der Waals surface area contributed by atoms with Gasteiger partial charge >= 0.3 is 0 Å². The first-order valence-electron chi connectivity index (χ1n) is 18.0. The SMILES string of the molecule is C=C(C)C(CCCCCCCCCC)(Cc1ccccc1)OC(CCCCCCCCCC)(Cc1ccccc1)C(=C)C. The highest BCUT2D eigenvalue weighted by Gasteiger charge is 2.43. The topological polar surface area (TPSA) is 9.23 Å². The van der Waals surface area contributed by atoms with Crippen molar-refractivity contribution in [3.63, 3.8) is 0 Å². The van der Waals surface area contributed by atoms with Crippen molar-refractivity contribution in [2.45, 2.75) is 167 Å². The summed E-state index contributed by atoms with van der Waals surface area (Å²) in [5.74, 6) is 0. The summed E-state index contributed by atoms with van der Waals surface area (Å²) >= 11 is 0. The lowest BCUT2D eigenvalue weighted by Gasteiger charge is -2.46. The Morgan fingerprint density at radius 2 is 0.791 bits per heavy atom. The third-order valence-corrected chi connectivity index (χ3v) is 9.48. The smallest absolute Gasteiger partial charge is 0.0938 e. The Hall–Kier alpha value is -2.12. The predicted octanol–water partition coefficient (Wildman–Crippen LogP) is 13.2. The zero-order chi connectivity index (χ0) is 31.2. The molecule has 2 aromatic carbocycles. The normalized spacial score (nSPS) is 14.2. The molecule has 0 aliphatic carbocycles. The molecule has 0 heterocycles. The Bertz CT molecular complexity index is 911. The van der Waals surface area contributed by atoms with Gasteiger partial charge in [-0.05, 0) is 49.0 Å². The maximum absolute atomic E-state index is 7.68. The molecule has 0 saturated heterocycles. The molecule has 43 heavy (non-hydrogen) atoms. The molecule has 0 aliphatic heterocycles. The van der Waals surface area contributed by atoms with Crippen molar-refractivity contribution in [1.29, 1.82) is 0 Å². The fraction of sp³-hybridized carbons (Fsp3) is 0.619. The van der Waals surface area contributed by atoms with Crippen molar-refractivity contribution in [2.75, 3.05) is 0 Å². The van der Waals surface area contributed by atoms with Crippen LogP contribution < -0.4 is 0 Å². The molecule has 240 valence electrons. The largest absolute Gasteiger partial charge is 0.359 e. The minimum atomic E-state index is -0.419. The quantitative estimate of drug-likeness (QED) is 0.0787. The van der Waals surface area contributed by atoms with Crippen LogP contribution in [0.2, 0.25) is 0 Å². The van der Waals surface area contributed by atoms with Crippen LogP contribution in [-0.4, -0.2) is 11.2 Å². The Morgan fingerprint density at radius 1 is 0.488 bits per heavy atom. The van der Waals surface area contributed by atoms with Crippen molar-refractivity contribution in [3.05, 3.63) is 96.1 Å². The minimum absolute atomic E-state index is 0.419. The van der Waals surface area contributed by atoms with E-state index in [-0.39, 0.29) is 0 Å². The summed E-state index contributed by atoms with van der Waals surface area (Å²) in [4.78, 5) is 0. The molecule has 1 nitrogen and oxygen atoms in total. The first-order chi connectivity index (χ1) is 20.9. The van der Waals surface area contributed by atoms with Crippen molar-refractivity contribution >= 4 is 0 Å². The van der Waals surface area contributed by atoms with E-state index in [9.17, 15) is 0 Å². The molecule has 2 unspecified atom stereocenters. The Labute approximate surface area is 267 Å². The molecular formula is C42H66O. The third kappa shape index (κ3) is 14.0. The maximum atomic E-state index is 7.68. The van der Waals surface area contributed by atoms with E-state index < -0.39 is 11.2 Å². The van der Waals surface area contributed by atoms with Gasteiger partial charge in [0.25, 0.3) is 0 Å². The Morgan fingerprint density at radius 3 is 1.09 bits per heavy atom. The van der Waals surface area contributed by atoms with Crippen LogP contribution in [0.3, 0.4) is 0 Å². The van der Waals surface area contributed by atoms with Gasteiger partial charge in [0.05, 0.1) is 11.2 Å². The van der Waals surface area contributed by atoms with E-state index in [1.54, 1.807) is 0 Å². The highest BCUT2D eigenvalue weighted by Crippen LogP contribution is 2.42. The molecule has 0 fully saturated rings. The molecule has 0 amide bonds. The van der Waals surface area contributed by atoms with Gasteiger partial charge in [-0.1, -0.05) is 190 Å². The Kier molecular flexibility index (Phi) is 18.6. The van der Waals surface area contributed by atoms with E-state index in [1.807, 2.05) is 0 Å². The minimum Gasteiger partial charge on any atom is -0.359 e. The lowest BCUT2D eigenvalue weighted by atomic mass is 9.78. The number of rotatable bonds is 26. The highest BCUT2D eigenvalue weighted by molar-refractivity contribution is 5.27. The molecule has 1 heteroatoms. The van der Waals surface area contributed by atoms with Gasteiger partial charge in [-0.3, -0.25) is 0 Å². The van der Waals surface area contributed by atoms with Gasteiger partial charge in [0.1, 0.15) is 0 Å². The second-order valence-electron chi connectivity index (χ2n) is 13.4. The summed E-state index contributed by atoms with van der Waals surface area (Å²) in [5, 5.41) is 0. The van der Waals surface area contributed by atoms with Gasteiger partial charge in [-0.25, -0.2) is 0 Å².